The fourth-order valence-corrected chi connectivity index (χ4v) is 1.25. The molecule has 0 atom stereocenters. The third kappa shape index (κ3) is 18.6. The second-order valence-electron chi connectivity index (χ2n) is 1.06. The quantitative estimate of drug-likeness (QED) is 0.352. The van der Waals surface area contributed by atoms with Crippen LogP contribution in [-0.2, 0) is 30.5 Å². The fourth-order valence-electron chi connectivity index (χ4n) is 0.139. The van der Waals surface area contributed by atoms with E-state index in [1.807, 2.05) is 0 Å². The molecule has 11 heavy (non-hydrogen) atoms. The Morgan fingerprint density at radius 2 is 1.09 bits per heavy atom. The molecule has 0 saturated heterocycles. The van der Waals surface area contributed by atoms with Gasteiger partial charge in [-0.15, -0.1) is 0 Å². The van der Waals surface area contributed by atoms with Crippen LogP contribution in [0.4, 0.5) is 0 Å². The predicted molar refractivity (Wildman–Crippen MR) is 32.3 cm³/mol. The molecule has 0 unspecified atom stereocenters. The summed E-state index contributed by atoms with van der Waals surface area (Å²) in [6.07, 6.45) is 0. The van der Waals surface area contributed by atoms with Gasteiger partial charge in [0.05, 0.1) is 0 Å². The summed E-state index contributed by atoms with van der Waals surface area (Å²) >= 11 is 0. The van der Waals surface area contributed by atoms with Crippen LogP contribution in [0, 0.1) is 0 Å². The zero-order valence-electron chi connectivity index (χ0n) is 4.26. The summed E-state index contributed by atoms with van der Waals surface area (Å²) in [6.45, 7) is 0. The summed E-state index contributed by atoms with van der Waals surface area (Å²) < 4.78 is 22.2. The third-order valence-corrected chi connectivity index (χ3v) is 1.91. The van der Waals surface area contributed by atoms with Crippen molar-refractivity contribution in [3.05, 3.63) is 0 Å². The van der Waals surface area contributed by atoms with Gasteiger partial charge in [-0.25, -0.2) is 9.13 Å². The van der Waals surface area contributed by atoms with Crippen molar-refractivity contribution in [2.45, 2.75) is 0 Å². The van der Waals surface area contributed by atoms with E-state index in [-0.39, 0.29) is 46.6 Å². The predicted octanol–water partition coefficient (Wildman–Crippen LogP) is -1.46. The van der Waals surface area contributed by atoms with E-state index in [2.05, 4.69) is 4.31 Å². The molecule has 0 fully saturated rings. The first-order valence-electron chi connectivity index (χ1n) is 1.53. The van der Waals surface area contributed by atoms with E-state index in [1.54, 1.807) is 0 Å². The molecule has 0 spiro atoms. The zero-order valence-corrected chi connectivity index (χ0v) is 7.15. The van der Waals surface area contributed by atoms with Gasteiger partial charge in [0.2, 0.25) is 0 Å². The summed E-state index contributed by atoms with van der Waals surface area (Å²) in [7, 11) is -10.1. The molecule has 0 rings (SSSR count). The normalized spacial score (nSPS) is 11.3. The number of hydrogen-bond donors (Lipinski definition) is 4. The van der Waals surface area contributed by atoms with E-state index in [1.165, 1.54) is 0 Å². The fraction of sp³-hybridized carbons (Fsp3) is 0. The molecule has 0 radical (unpaired) electrons. The Kier molecular flexibility index (Phi) is 10.6. The molecule has 0 aromatic heterocycles. The van der Waals surface area contributed by atoms with Crippen molar-refractivity contribution >= 4 is 45.2 Å². The van der Waals surface area contributed by atoms with Gasteiger partial charge in [0, 0.05) is 17.1 Å². The van der Waals surface area contributed by atoms with Gasteiger partial charge >= 0.3 is 45.2 Å². The monoisotopic (exact) mass is 258 g/mol. The van der Waals surface area contributed by atoms with Gasteiger partial charge in [-0.3, -0.25) is 0 Å². The van der Waals surface area contributed by atoms with Gasteiger partial charge in [0.25, 0.3) is 0 Å². The van der Waals surface area contributed by atoms with E-state index in [0.717, 1.165) is 0 Å². The van der Waals surface area contributed by atoms with Crippen molar-refractivity contribution in [3.63, 3.8) is 0 Å². The van der Waals surface area contributed by atoms with Crippen LogP contribution < -0.4 is 0 Å². The molecule has 0 aromatic rings. The molecule has 0 aliphatic rings. The summed E-state index contributed by atoms with van der Waals surface area (Å²) in [4.78, 5) is 31.0. The molecule has 0 aliphatic carbocycles. The van der Waals surface area contributed by atoms with Crippen molar-refractivity contribution in [3.8, 4) is 0 Å². The molecular formula is H5FeNaO7P2. The number of hydrogen-bond acceptors (Lipinski definition) is 3. The molecule has 0 aromatic carbocycles. The second-order valence-corrected chi connectivity index (χ2v) is 3.68. The summed E-state index contributed by atoms with van der Waals surface area (Å²) in [5.41, 5.74) is 0. The molecule has 11 heteroatoms. The van der Waals surface area contributed by atoms with Crippen LogP contribution in [-0.4, -0.2) is 49.1 Å². The minimum absolute atomic E-state index is 0. The summed E-state index contributed by atoms with van der Waals surface area (Å²) in [6, 6.07) is 0. The van der Waals surface area contributed by atoms with Crippen LogP contribution in [0.2, 0.25) is 0 Å². The van der Waals surface area contributed by atoms with Crippen LogP contribution in [0.5, 0.6) is 0 Å². The Hall–Kier alpha value is 1.78. The first kappa shape index (κ1) is 18.5. The topological polar surface area (TPSA) is 124 Å². The molecule has 66 valence electrons. The molecule has 0 heterocycles. The maximum atomic E-state index is 9.63. The molecule has 0 bridgehead atoms. The van der Waals surface area contributed by atoms with Crippen molar-refractivity contribution < 1.29 is 50.1 Å². The number of phosphoric acid groups is 2. The molecular weight excluding hydrogens is 253 g/mol. The van der Waals surface area contributed by atoms with E-state index in [4.69, 9.17) is 19.6 Å². The Labute approximate surface area is 94.8 Å². The second kappa shape index (κ2) is 6.27. The minimum atomic E-state index is -5.05. The van der Waals surface area contributed by atoms with Gasteiger partial charge in [0.15, 0.2) is 0 Å². The molecule has 7 nitrogen and oxygen atoms in total. The third-order valence-electron chi connectivity index (χ3n) is 0.213. The Morgan fingerprint density at radius 3 is 1.09 bits per heavy atom. The molecule has 4 N–H and O–H groups in total. The molecule has 0 saturated carbocycles. The standard InChI is InChI=1S/Fe.Na.H4O7P2.H/c;;1-8(2,3)7-9(4,5)6;/h;;(H2,1,2,3)(H2,4,5,6);. The average Bonchev–Trinajstić information content (AvgIpc) is 1.14. The van der Waals surface area contributed by atoms with Gasteiger partial charge in [-0.2, -0.15) is 4.31 Å². The first-order valence-corrected chi connectivity index (χ1v) is 4.59. The SMILES string of the molecule is O=P(O)(O)OP(=O)(O)O.[Fe].[NaH]. The van der Waals surface area contributed by atoms with Gasteiger partial charge < -0.3 is 19.6 Å². The van der Waals surface area contributed by atoms with Crippen LogP contribution in [0.25, 0.3) is 0 Å². The molecule has 0 amide bonds. The first-order chi connectivity index (χ1) is 3.71. The van der Waals surface area contributed by atoms with Gasteiger partial charge in [-0.05, 0) is 0 Å². The van der Waals surface area contributed by atoms with E-state index in [0.29, 0.717) is 0 Å². The van der Waals surface area contributed by atoms with E-state index in [9.17, 15) is 9.13 Å². The van der Waals surface area contributed by atoms with Crippen LogP contribution in [0.3, 0.4) is 0 Å². The van der Waals surface area contributed by atoms with Crippen molar-refractivity contribution in [1.82, 2.24) is 0 Å². The van der Waals surface area contributed by atoms with Crippen LogP contribution >= 0.6 is 15.6 Å². The summed E-state index contributed by atoms with van der Waals surface area (Å²) in [5.74, 6) is 0. The summed E-state index contributed by atoms with van der Waals surface area (Å²) in [5, 5.41) is 0. The van der Waals surface area contributed by atoms with Crippen molar-refractivity contribution in [2.75, 3.05) is 0 Å². The Morgan fingerprint density at radius 1 is 0.909 bits per heavy atom. The zero-order chi connectivity index (χ0) is 7.71. The Bertz CT molecular complexity index is 157. The van der Waals surface area contributed by atoms with Crippen molar-refractivity contribution in [1.29, 1.82) is 0 Å². The van der Waals surface area contributed by atoms with E-state index >= 15 is 0 Å². The van der Waals surface area contributed by atoms with Gasteiger partial charge in [-0.1, -0.05) is 0 Å². The maximum absolute atomic E-state index is 9.63. The number of rotatable bonds is 2. The average molecular weight is 258 g/mol. The van der Waals surface area contributed by atoms with Gasteiger partial charge in [0.1, 0.15) is 0 Å². The Balaban J connectivity index is -0.000000320. The van der Waals surface area contributed by atoms with E-state index < -0.39 is 15.6 Å². The van der Waals surface area contributed by atoms with Crippen LogP contribution in [0.15, 0.2) is 0 Å². The molecule has 0 aliphatic heterocycles. The van der Waals surface area contributed by atoms with Crippen LogP contribution in [0.1, 0.15) is 0 Å². The van der Waals surface area contributed by atoms with Crippen molar-refractivity contribution in [2.24, 2.45) is 0 Å².